The van der Waals surface area contributed by atoms with Crippen LogP contribution in [0.1, 0.15) is 0 Å². The number of methoxy groups -OCH3 is 1. The van der Waals surface area contributed by atoms with Gasteiger partial charge in [-0.1, -0.05) is 0 Å². The summed E-state index contributed by atoms with van der Waals surface area (Å²) in [6.07, 6.45) is 0. The van der Waals surface area contributed by atoms with Crippen molar-refractivity contribution >= 4 is 32.7 Å². The van der Waals surface area contributed by atoms with Crippen LogP contribution < -0.4 is 4.74 Å². The highest BCUT2D eigenvalue weighted by molar-refractivity contribution is 14.1. The fraction of sp³-hybridized carbons (Fsp3) is 0.250. The van der Waals surface area contributed by atoms with Gasteiger partial charge in [-0.05, 0) is 46.9 Å². The summed E-state index contributed by atoms with van der Waals surface area (Å²) < 4.78 is 63.7. The van der Waals surface area contributed by atoms with E-state index < -0.39 is 15.6 Å². The highest BCUT2D eigenvalue weighted by Crippen LogP contribution is 2.20. The number of alkyl halides is 3. The van der Waals surface area contributed by atoms with Crippen molar-refractivity contribution in [3.63, 3.8) is 0 Å². The zero-order valence-corrected chi connectivity index (χ0v) is 11.4. The zero-order valence-electron chi connectivity index (χ0n) is 8.40. The zero-order chi connectivity index (χ0) is 13.7. The minimum Gasteiger partial charge on any atom is -0.497 e. The second-order valence-corrected chi connectivity index (χ2v) is 5.24. The van der Waals surface area contributed by atoms with E-state index in [2.05, 4.69) is 22.6 Å². The predicted molar refractivity (Wildman–Crippen MR) is 63.3 cm³/mol. The average molecular weight is 384 g/mol. The molecule has 0 fully saturated rings. The lowest BCUT2D eigenvalue weighted by atomic mass is 10.3. The summed E-state index contributed by atoms with van der Waals surface area (Å²) in [4.78, 5) is 0. The van der Waals surface area contributed by atoms with E-state index in [9.17, 15) is 13.2 Å². The van der Waals surface area contributed by atoms with Crippen LogP contribution in [0.5, 0.6) is 5.75 Å². The van der Waals surface area contributed by atoms with Crippen LogP contribution in [0.2, 0.25) is 0 Å². The molecule has 1 N–H and O–H groups in total. The molecule has 0 spiro atoms. The molecular weight excluding hydrogens is 376 g/mol. The summed E-state index contributed by atoms with van der Waals surface area (Å²) >= 11 is 2.26. The van der Waals surface area contributed by atoms with Crippen LogP contribution >= 0.6 is 22.6 Å². The standard InChI is InChI=1S/C7H7IO.CHF3O3S/c1-9-7-4-2-6(8)3-5-7;2-1(3,4)8(5,6)7/h2-5H,1H3;(H,5,6,7). The molecule has 0 saturated carbocycles. The Morgan fingerprint density at radius 3 is 1.82 bits per heavy atom. The van der Waals surface area contributed by atoms with Crippen LogP contribution in [0.15, 0.2) is 24.3 Å². The van der Waals surface area contributed by atoms with Crippen molar-refractivity contribution in [2.75, 3.05) is 7.11 Å². The summed E-state index contributed by atoms with van der Waals surface area (Å²) in [5, 5.41) is 0. The molecule has 17 heavy (non-hydrogen) atoms. The van der Waals surface area contributed by atoms with Crippen LogP contribution in [0, 0.1) is 3.57 Å². The van der Waals surface area contributed by atoms with E-state index in [1.54, 1.807) is 7.11 Å². The van der Waals surface area contributed by atoms with Gasteiger partial charge in [0, 0.05) is 3.57 Å². The second-order valence-electron chi connectivity index (χ2n) is 2.58. The summed E-state index contributed by atoms with van der Waals surface area (Å²) in [6, 6.07) is 7.92. The van der Waals surface area contributed by atoms with Gasteiger partial charge in [-0.3, -0.25) is 4.55 Å². The molecule has 0 aliphatic heterocycles. The first-order valence-corrected chi connectivity index (χ1v) is 6.43. The van der Waals surface area contributed by atoms with Gasteiger partial charge in [0.25, 0.3) is 0 Å². The largest absolute Gasteiger partial charge is 0.522 e. The van der Waals surface area contributed by atoms with Crippen molar-refractivity contribution in [3.8, 4) is 5.75 Å². The quantitative estimate of drug-likeness (QED) is 0.460. The Balaban J connectivity index is 0.000000304. The van der Waals surface area contributed by atoms with Crippen molar-refractivity contribution < 1.29 is 30.9 Å². The highest BCUT2D eigenvalue weighted by atomic mass is 127. The Morgan fingerprint density at radius 2 is 1.59 bits per heavy atom. The number of halogens is 4. The predicted octanol–water partition coefficient (Wildman–Crippen LogP) is 2.69. The van der Waals surface area contributed by atoms with Crippen LogP contribution in [-0.2, 0) is 10.1 Å². The number of rotatable bonds is 1. The molecule has 0 aromatic heterocycles. The minimum absolute atomic E-state index is 0.912. The molecule has 0 radical (unpaired) electrons. The van der Waals surface area contributed by atoms with Crippen LogP contribution in [0.3, 0.4) is 0 Å². The molecule has 1 aromatic carbocycles. The topological polar surface area (TPSA) is 63.6 Å². The molecule has 4 nitrogen and oxygen atoms in total. The molecule has 0 atom stereocenters. The van der Waals surface area contributed by atoms with E-state index in [0.29, 0.717) is 0 Å². The van der Waals surface area contributed by atoms with Gasteiger partial charge in [0.05, 0.1) is 7.11 Å². The molecule has 1 rings (SSSR count). The lowest BCUT2D eigenvalue weighted by molar-refractivity contribution is -0.0510. The first-order valence-electron chi connectivity index (χ1n) is 3.91. The van der Waals surface area contributed by atoms with Crippen molar-refractivity contribution in [2.45, 2.75) is 5.51 Å². The summed E-state index contributed by atoms with van der Waals surface area (Å²) in [5.41, 5.74) is -5.53. The SMILES string of the molecule is COc1ccc(I)cc1.O=S(=O)(O)C(F)(F)F. The second kappa shape index (κ2) is 6.40. The van der Waals surface area contributed by atoms with Crippen molar-refractivity contribution in [3.05, 3.63) is 27.8 Å². The molecule has 0 aliphatic carbocycles. The smallest absolute Gasteiger partial charge is 0.497 e. The molecule has 0 unspecified atom stereocenters. The van der Waals surface area contributed by atoms with E-state index in [-0.39, 0.29) is 0 Å². The third kappa shape index (κ3) is 6.68. The van der Waals surface area contributed by atoms with Gasteiger partial charge in [-0.15, -0.1) is 0 Å². The van der Waals surface area contributed by atoms with Crippen molar-refractivity contribution in [2.24, 2.45) is 0 Å². The molecule has 9 heteroatoms. The Bertz CT molecular complexity index is 441. The van der Waals surface area contributed by atoms with Crippen molar-refractivity contribution in [1.82, 2.24) is 0 Å². The van der Waals surface area contributed by atoms with E-state index in [4.69, 9.17) is 17.7 Å². The van der Waals surface area contributed by atoms with Crippen molar-refractivity contribution in [1.29, 1.82) is 0 Å². The maximum atomic E-state index is 10.7. The van der Waals surface area contributed by atoms with Gasteiger partial charge in [0.2, 0.25) is 0 Å². The monoisotopic (exact) mass is 384 g/mol. The van der Waals surface area contributed by atoms with Gasteiger partial charge in [0.15, 0.2) is 0 Å². The minimum atomic E-state index is -5.84. The fourth-order valence-corrected chi connectivity index (χ4v) is 0.930. The number of ether oxygens (including phenoxy) is 1. The van der Waals surface area contributed by atoms with Crippen LogP contribution in [0.25, 0.3) is 0 Å². The number of hydrogen-bond acceptors (Lipinski definition) is 3. The number of hydrogen-bond donors (Lipinski definition) is 1. The normalized spacial score (nSPS) is 11.4. The third-order valence-corrected chi connectivity index (χ3v) is 2.65. The average Bonchev–Trinajstić information content (AvgIpc) is 2.17. The van der Waals surface area contributed by atoms with Gasteiger partial charge < -0.3 is 4.74 Å². The van der Waals surface area contributed by atoms with E-state index >= 15 is 0 Å². The maximum Gasteiger partial charge on any atom is 0.522 e. The Hall–Kier alpha value is -0.550. The molecule has 1 aromatic rings. The molecule has 0 bridgehead atoms. The van der Waals surface area contributed by atoms with Crippen LogP contribution in [0.4, 0.5) is 13.2 Å². The molecule has 0 saturated heterocycles. The molecule has 0 amide bonds. The van der Waals surface area contributed by atoms with E-state index in [0.717, 1.165) is 5.75 Å². The number of benzene rings is 1. The first-order chi connectivity index (χ1) is 7.58. The third-order valence-electron chi connectivity index (χ3n) is 1.34. The Labute approximate surface area is 110 Å². The van der Waals surface area contributed by atoms with Gasteiger partial charge in [0.1, 0.15) is 5.75 Å². The summed E-state index contributed by atoms with van der Waals surface area (Å²) in [6.45, 7) is 0. The summed E-state index contributed by atoms with van der Waals surface area (Å²) in [7, 11) is -4.17. The maximum absolute atomic E-state index is 10.7. The molecular formula is C8H8F3IO4S. The van der Waals surface area contributed by atoms with Gasteiger partial charge >= 0.3 is 15.6 Å². The Morgan fingerprint density at radius 1 is 1.24 bits per heavy atom. The lowest BCUT2D eigenvalue weighted by Crippen LogP contribution is -2.21. The van der Waals surface area contributed by atoms with E-state index in [1.807, 2.05) is 24.3 Å². The molecule has 98 valence electrons. The Kier molecular flexibility index (Phi) is 6.19. The van der Waals surface area contributed by atoms with Crippen LogP contribution in [-0.4, -0.2) is 25.6 Å². The highest BCUT2D eigenvalue weighted by Gasteiger charge is 2.44. The van der Waals surface area contributed by atoms with Gasteiger partial charge in [-0.25, -0.2) is 0 Å². The van der Waals surface area contributed by atoms with E-state index in [1.165, 1.54) is 3.57 Å². The summed E-state index contributed by atoms with van der Waals surface area (Å²) in [5.74, 6) is 0.912. The fourth-order valence-electron chi connectivity index (χ4n) is 0.571. The first kappa shape index (κ1) is 16.4. The lowest BCUT2D eigenvalue weighted by Gasteiger charge is -1.97. The molecule has 0 heterocycles. The van der Waals surface area contributed by atoms with Gasteiger partial charge in [-0.2, -0.15) is 21.6 Å². The molecule has 0 aliphatic rings.